The van der Waals surface area contributed by atoms with Crippen molar-refractivity contribution in [3.63, 3.8) is 0 Å². The SMILES string of the molecule is CCN(CC)Cc1nc(Cc2ccccc2)c(C(=O)O)s1. The fourth-order valence-corrected chi connectivity index (χ4v) is 3.14. The quantitative estimate of drug-likeness (QED) is 0.853. The van der Waals surface area contributed by atoms with E-state index in [1.54, 1.807) is 0 Å². The van der Waals surface area contributed by atoms with Crippen molar-refractivity contribution in [3.05, 3.63) is 51.5 Å². The van der Waals surface area contributed by atoms with Gasteiger partial charge < -0.3 is 5.11 Å². The molecule has 0 radical (unpaired) electrons. The molecule has 0 aliphatic rings. The van der Waals surface area contributed by atoms with E-state index in [2.05, 4.69) is 23.7 Å². The second kappa shape index (κ2) is 7.33. The minimum atomic E-state index is -0.885. The Morgan fingerprint density at radius 2 is 1.90 bits per heavy atom. The van der Waals surface area contributed by atoms with E-state index in [0.717, 1.165) is 23.7 Å². The summed E-state index contributed by atoms with van der Waals surface area (Å²) in [6.45, 7) is 6.78. The lowest BCUT2D eigenvalue weighted by Gasteiger charge is -2.15. The summed E-state index contributed by atoms with van der Waals surface area (Å²) in [6.07, 6.45) is 0.567. The molecular formula is C16H20N2O2S. The first-order chi connectivity index (χ1) is 10.1. The molecule has 0 fully saturated rings. The van der Waals surface area contributed by atoms with Crippen molar-refractivity contribution >= 4 is 17.3 Å². The van der Waals surface area contributed by atoms with Crippen LogP contribution in [-0.4, -0.2) is 34.0 Å². The molecule has 0 amide bonds. The first-order valence-corrected chi connectivity index (χ1v) is 7.93. The van der Waals surface area contributed by atoms with Gasteiger partial charge in [0.15, 0.2) is 0 Å². The second-order valence-corrected chi connectivity index (χ2v) is 5.90. The summed E-state index contributed by atoms with van der Waals surface area (Å²) >= 11 is 1.29. The van der Waals surface area contributed by atoms with Gasteiger partial charge in [-0.15, -0.1) is 11.3 Å². The van der Waals surface area contributed by atoms with Crippen molar-refractivity contribution in [2.24, 2.45) is 0 Å². The number of carbonyl (C=O) groups is 1. The number of thiazole rings is 1. The van der Waals surface area contributed by atoms with Gasteiger partial charge in [-0.25, -0.2) is 9.78 Å². The predicted molar refractivity (Wildman–Crippen MR) is 84.9 cm³/mol. The largest absolute Gasteiger partial charge is 0.477 e. The third-order valence-corrected chi connectivity index (χ3v) is 4.47. The molecule has 1 aromatic carbocycles. The van der Waals surface area contributed by atoms with Crippen molar-refractivity contribution in [2.75, 3.05) is 13.1 Å². The van der Waals surface area contributed by atoms with Crippen LogP contribution in [0, 0.1) is 0 Å². The van der Waals surface area contributed by atoms with Crippen molar-refractivity contribution in [3.8, 4) is 0 Å². The number of benzene rings is 1. The van der Waals surface area contributed by atoms with Crippen LogP contribution in [0.15, 0.2) is 30.3 Å². The van der Waals surface area contributed by atoms with Crippen LogP contribution in [0.1, 0.15) is 39.8 Å². The minimum absolute atomic E-state index is 0.362. The van der Waals surface area contributed by atoms with Crippen molar-refractivity contribution in [2.45, 2.75) is 26.8 Å². The maximum atomic E-state index is 11.4. The lowest BCUT2D eigenvalue weighted by molar-refractivity contribution is 0.0701. The van der Waals surface area contributed by atoms with E-state index < -0.39 is 5.97 Å². The molecule has 2 rings (SSSR count). The highest BCUT2D eigenvalue weighted by Gasteiger charge is 2.18. The Morgan fingerprint density at radius 1 is 1.24 bits per heavy atom. The van der Waals surface area contributed by atoms with Gasteiger partial charge in [0.2, 0.25) is 0 Å². The summed E-state index contributed by atoms with van der Waals surface area (Å²) in [5.74, 6) is -0.885. The fraction of sp³-hybridized carbons (Fsp3) is 0.375. The molecule has 0 bridgehead atoms. The highest BCUT2D eigenvalue weighted by molar-refractivity contribution is 7.13. The molecule has 1 aromatic heterocycles. The molecule has 5 heteroatoms. The Balaban J connectivity index is 2.23. The van der Waals surface area contributed by atoms with Crippen molar-refractivity contribution < 1.29 is 9.90 Å². The molecule has 0 saturated carbocycles. The number of carboxylic acid groups (broad SMARTS) is 1. The van der Waals surface area contributed by atoms with Crippen LogP contribution in [-0.2, 0) is 13.0 Å². The summed E-state index contributed by atoms with van der Waals surface area (Å²) < 4.78 is 0. The van der Waals surface area contributed by atoms with Gasteiger partial charge in [0, 0.05) is 6.42 Å². The molecule has 4 nitrogen and oxygen atoms in total. The Hall–Kier alpha value is -1.72. The predicted octanol–water partition coefficient (Wildman–Crippen LogP) is 3.27. The highest BCUT2D eigenvalue weighted by Crippen LogP contribution is 2.22. The summed E-state index contributed by atoms with van der Waals surface area (Å²) in [4.78, 5) is 18.6. The monoisotopic (exact) mass is 304 g/mol. The minimum Gasteiger partial charge on any atom is -0.477 e. The molecule has 0 aliphatic carbocycles. The smallest absolute Gasteiger partial charge is 0.347 e. The first-order valence-electron chi connectivity index (χ1n) is 7.12. The second-order valence-electron chi connectivity index (χ2n) is 4.81. The van der Waals surface area contributed by atoms with Gasteiger partial charge in [-0.3, -0.25) is 4.90 Å². The van der Waals surface area contributed by atoms with Gasteiger partial charge in [-0.05, 0) is 18.7 Å². The van der Waals surface area contributed by atoms with Crippen LogP contribution in [0.25, 0.3) is 0 Å². The number of rotatable bonds is 7. The number of hydrogen-bond acceptors (Lipinski definition) is 4. The molecule has 112 valence electrons. The van der Waals surface area contributed by atoms with Crippen molar-refractivity contribution in [1.82, 2.24) is 9.88 Å². The molecule has 0 atom stereocenters. The zero-order valence-corrected chi connectivity index (χ0v) is 13.2. The van der Waals surface area contributed by atoms with Crippen LogP contribution in [0.5, 0.6) is 0 Å². The van der Waals surface area contributed by atoms with Crippen LogP contribution >= 0.6 is 11.3 Å². The van der Waals surface area contributed by atoms with E-state index in [9.17, 15) is 9.90 Å². The first kappa shape index (κ1) is 15.7. The van der Waals surface area contributed by atoms with Crippen LogP contribution < -0.4 is 0 Å². The van der Waals surface area contributed by atoms with E-state index in [1.807, 2.05) is 30.3 Å². The van der Waals surface area contributed by atoms with Gasteiger partial charge in [-0.1, -0.05) is 44.2 Å². The third kappa shape index (κ3) is 4.12. The van der Waals surface area contributed by atoms with Gasteiger partial charge >= 0.3 is 5.97 Å². The van der Waals surface area contributed by atoms with E-state index in [4.69, 9.17) is 0 Å². The Labute approximate surface area is 129 Å². The summed E-state index contributed by atoms with van der Waals surface area (Å²) in [7, 11) is 0. The number of aromatic carboxylic acids is 1. The molecule has 0 saturated heterocycles. The lowest BCUT2D eigenvalue weighted by Crippen LogP contribution is -2.21. The summed E-state index contributed by atoms with van der Waals surface area (Å²) in [6, 6.07) is 9.86. The third-order valence-electron chi connectivity index (χ3n) is 3.40. The Kier molecular flexibility index (Phi) is 5.47. The molecule has 0 spiro atoms. The maximum Gasteiger partial charge on any atom is 0.347 e. The average molecular weight is 304 g/mol. The van der Waals surface area contributed by atoms with Crippen LogP contribution in [0.3, 0.4) is 0 Å². The van der Waals surface area contributed by atoms with Gasteiger partial charge in [-0.2, -0.15) is 0 Å². The van der Waals surface area contributed by atoms with Crippen molar-refractivity contribution in [1.29, 1.82) is 0 Å². The molecule has 1 N–H and O–H groups in total. The van der Waals surface area contributed by atoms with Crippen LogP contribution in [0.4, 0.5) is 0 Å². The molecular weight excluding hydrogens is 284 g/mol. The number of hydrogen-bond donors (Lipinski definition) is 1. The number of aromatic nitrogens is 1. The molecule has 1 heterocycles. The van der Waals surface area contributed by atoms with E-state index in [0.29, 0.717) is 23.5 Å². The normalized spacial score (nSPS) is 11.0. The Morgan fingerprint density at radius 3 is 2.48 bits per heavy atom. The zero-order valence-electron chi connectivity index (χ0n) is 12.4. The van der Waals surface area contributed by atoms with E-state index in [1.165, 1.54) is 11.3 Å². The molecule has 2 aromatic rings. The molecule has 21 heavy (non-hydrogen) atoms. The van der Waals surface area contributed by atoms with E-state index >= 15 is 0 Å². The highest BCUT2D eigenvalue weighted by atomic mass is 32.1. The van der Waals surface area contributed by atoms with Gasteiger partial charge in [0.25, 0.3) is 0 Å². The average Bonchev–Trinajstić information content (AvgIpc) is 2.88. The summed E-state index contributed by atoms with van der Waals surface area (Å²) in [5, 5.41) is 10.2. The maximum absolute atomic E-state index is 11.4. The number of nitrogens with zero attached hydrogens (tertiary/aromatic N) is 2. The van der Waals surface area contributed by atoms with Gasteiger partial charge in [0.1, 0.15) is 9.88 Å². The van der Waals surface area contributed by atoms with E-state index in [-0.39, 0.29) is 0 Å². The zero-order chi connectivity index (χ0) is 15.2. The lowest BCUT2D eigenvalue weighted by atomic mass is 10.1. The number of carboxylic acids is 1. The Bertz CT molecular complexity index is 592. The van der Waals surface area contributed by atoms with Gasteiger partial charge in [0.05, 0.1) is 12.2 Å². The fourth-order valence-electron chi connectivity index (χ4n) is 2.18. The standard InChI is InChI=1S/C16H20N2O2S/c1-3-18(4-2)11-14-17-13(15(21-14)16(19)20)10-12-8-6-5-7-9-12/h5-9H,3-4,10-11H2,1-2H3,(H,19,20). The summed E-state index contributed by atoms with van der Waals surface area (Å²) in [5.41, 5.74) is 1.75. The van der Waals surface area contributed by atoms with Crippen LogP contribution in [0.2, 0.25) is 0 Å². The molecule has 0 unspecified atom stereocenters. The topological polar surface area (TPSA) is 53.4 Å². The molecule has 0 aliphatic heterocycles.